The summed E-state index contributed by atoms with van der Waals surface area (Å²) in [5.41, 5.74) is 0.494. The van der Waals surface area contributed by atoms with Gasteiger partial charge >= 0.3 is 0 Å². The second-order valence-corrected chi connectivity index (χ2v) is 4.59. The fourth-order valence-electron chi connectivity index (χ4n) is 2.02. The van der Waals surface area contributed by atoms with E-state index in [2.05, 4.69) is 9.97 Å². The minimum absolute atomic E-state index is 0.163. The van der Waals surface area contributed by atoms with Crippen molar-refractivity contribution in [3.63, 3.8) is 0 Å². The normalized spacial score (nSPS) is 16.2. The van der Waals surface area contributed by atoms with Crippen LogP contribution in [0, 0.1) is 0 Å². The summed E-state index contributed by atoms with van der Waals surface area (Å²) >= 11 is 5.87. The molecule has 0 saturated carbocycles. The van der Waals surface area contributed by atoms with Crippen molar-refractivity contribution in [3.05, 3.63) is 33.6 Å². The number of fused-ring (bicyclic) bond motifs is 1. The van der Waals surface area contributed by atoms with Crippen molar-refractivity contribution >= 4 is 28.5 Å². The Bertz CT molecular complexity index is 635. The van der Waals surface area contributed by atoms with E-state index in [1.54, 1.807) is 18.2 Å². The van der Waals surface area contributed by atoms with Gasteiger partial charge in [0.15, 0.2) is 0 Å². The third kappa shape index (κ3) is 2.07. The highest BCUT2D eigenvalue weighted by atomic mass is 35.5. The number of rotatable bonds is 1. The van der Waals surface area contributed by atoms with Crippen molar-refractivity contribution in [1.82, 2.24) is 9.97 Å². The predicted molar refractivity (Wildman–Crippen MR) is 70.4 cm³/mol. The molecule has 6 heteroatoms. The van der Waals surface area contributed by atoms with E-state index in [0.29, 0.717) is 35.1 Å². The van der Waals surface area contributed by atoms with Crippen molar-refractivity contribution in [1.29, 1.82) is 0 Å². The van der Waals surface area contributed by atoms with Gasteiger partial charge in [0.2, 0.25) is 5.95 Å². The third-order valence-corrected chi connectivity index (χ3v) is 3.20. The number of benzene rings is 1. The molecular weight excluding hydrogens is 254 g/mol. The van der Waals surface area contributed by atoms with Gasteiger partial charge in [-0.1, -0.05) is 11.6 Å². The molecule has 1 aliphatic heterocycles. The number of aromatic amines is 1. The number of hydrogen-bond donors (Lipinski definition) is 1. The van der Waals surface area contributed by atoms with Crippen molar-refractivity contribution in [3.8, 4) is 0 Å². The molecule has 0 radical (unpaired) electrons. The molecule has 1 N–H and O–H groups in total. The fraction of sp³-hybridized carbons (Fsp3) is 0.333. The predicted octanol–water partition coefficient (Wildman–Crippen LogP) is 1.41. The summed E-state index contributed by atoms with van der Waals surface area (Å²) in [6, 6.07) is 5.13. The van der Waals surface area contributed by atoms with Gasteiger partial charge in [0.25, 0.3) is 5.56 Å². The standard InChI is InChI=1S/C12H12ClN3O2/c13-8-1-2-10-9(7-8)11(17)15-12(14-10)16-3-5-18-6-4-16/h1-2,7H,3-6H2,(H,14,15,17). The Morgan fingerprint density at radius 2 is 2.11 bits per heavy atom. The SMILES string of the molecule is O=c1[nH]c(N2CCOCC2)nc2ccc(Cl)cc12. The highest BCUT2D eigenvalue weighted by molar-refractivity contribution is 6.31. The molecule has 0 bridgehead atoms. The maximum atomic E-state index is 12.0. The molecule has 2 aromatic rings. The number of nitrogens with one attached hydrogen (secondary N) is 1. The second-order valence-electron chi connectivity index (χ2n) is 4.15. The molecule has 1 aliphatic rings. The Hall–Kier alpha value is -1.59. The Morgan fingerprint density at radius 1 is 1.33 bits per heavy atom. The summed E-state index contributed by atoms with van der Waals surface area (Å²) in [6.07, 6.45) is 0. The van der Waals surface area contributed by atoms with Crippen molar-refractivity contribution in [2.24, 2.45) is 0 Å². The first-order valence-electron chi connectivity index (χ1n) is 5.76. The number of aromatic nitrogens is 2. The molecular formula is C12H12ClN3O2. The van der Waals surface area contributed by atoms with Gasteiger partial charge in [-0.2, -0.15) is 0 Å². The van der Waals surface area contributed by atoms with Crippen LogP contribution in [0.3, 0.4) is 0 Å². The molecule has 0 unspecified atom stereocenters. The lowest BCUT2D eigenvalue weighted by Gasteiger charge is -2.27. The Balaban J connectivity index is 2.09. The number of hydrogen-bond acceptors (Lipinski definition) is 4. The molecule has 0 amide bonds. The van der Waals surface area contributed by atoms with Crippen LogP contribution in [0.1, 0.15) is 0 Å². The van der Waals surface area contributed by atoms with Crippen molar-refractivity contribution < 1.29 is 4.74 Å². The number of anilines is 1. The summed E-state index contributed by atoms with van der Waals surface area (Å²) in [7, 11) is 0. The first-order valence-corrected chi connectivity index (χ1v) is 6.14. The van der Waals surface area contributed by atoms with E-state index in [-0.39, 0.29) is 5.56 Å². The lowest BCUT2D eigenvalue weighted by molar-refractivity contribution is 0.122. The Labute approximate surface area is 108 Å². The zero-order valence-corrected chi connectivity index (χ0v) is 10.4. The van der Waals surface area contributed by atoms with Crippen LogP contribution in [-0.4, -0.2) is 36.3 Å². The van der Waals surface area contributed by atoms with E-state index in [4.69, 9.17) is 16.3 Å². The minimum atomic E-state index is -0.163. The summed E-state index contributed by atoms with van der Waals surface area (Å²) < 4.78 is 5.28. The van der Waals surface area contributed by atoms with Crippen LogP contribution < -0.4 is 10.5 Å². The van der Waals surface area contributed by atoms with Gasteiger partial charge in [-0.25, -0.2) is 4.98 Å². The van der Waals surface area contributed by atoms with Gasteiger partial charge in [-0.05, 0) is 18.2 Å². The topological polar surface area (TPSA) is 58.2 Å². The number of morpholine rings is 1. The van der Waals surface area contributed by atoms with Gasteiger partial charge < -0.3 is 9.64 Å². The van der Waals surface area contributed by atoms with E-state index in [0.717, 1.165) is 13.1 Å². The van der Waals surface area contributed by atoms with Gasteiger partial charge in [0, 0.05) is 18.1 Å². The lowest BCUT2D eigenvalue weighted by atomic mass is 10.2. The zero-order chi connectivity index (χ0) is 12.5. The summed E-state index contributed by atoms with van der Waals surface area (Å²) in [5.74, 6) is 0.595. The van der Waals surface area contributed by atoms with Crippen LogP contribution in [0.25, 0.3) is 10.9 Å². The van der Waals surface area contributed by atoms with Crippen molar-refractivity contribution in [2.75, 3.05) is 31.2 Å². The van der Waals surface area contributed by atoms with E-state index < -0.39 is 0 Å². The largest absolute Gasteiger partial charge is 0.378 e. The molecule has 1 aromatic heterocycles. The van der Waals surface area contributed by atoms with Crippen LogP contribution in [0.15, 0.2) is 23.0 Å². The highest BCUT2D eigenvalue weighted by Gasteiger charge is 2.14. The quantitative estimate of drug-likeness (QED) is 0.847. The Morgan fingerprint density at radius 3 is 2.89 bits per heavy atom. The zero-order valence-electron chi connectivity index (χ0n) is 9.65. The third-order valence-electron chi connectivity index (χ3n) is 2.97. The molecule has 1 aromatic carbocycles. The minimum Gasteiger partial charge on any atom is -0.378 e. The van der Waals surface area contributed by atoms with Crippen LogP contribution in [0.5, 0.6) is 0 Å². The van der Waals surface area contributed by atoms with E-state index in [1.807, 2.05) is 4.90 Å². The molecule has 1 saturated heterocycles. The van der Waals surface area contributed by atoms with Crippen LogP contribution in [-0.2, 0) is 4.74 Å². The molecule has 1 fully saturated rings. The maximum Gasteiger partial charge on any atom is 0.260 e. The molecule has 3 rings (SSSR count). The smallest absolute Gasteiger partial charge is 0.260 e. The van der Waals surface area contributed by atoms with E-state index in [9.17, 15) is 4.79 Å². The van der Waals surface area contributed by atoms with Gasteiger partial charge in [0.05, 0.1) is 24.1 Å². The van der Waals surface area contributed by atoms with Crippen LogP contribution >= 0.6 is 11.6 Å². The first kappa shape index (κ1) is 11.5. The monoisotopic (exact) mass is 265 g/mol. The summed E-state index contributed by atoms with van der Waals surface area (Å²) in [5, 5.41) is 1.05. The fourth-order valence-corrected chi connectivity index (χ4v) is 2.20. The van der Waals surface area contributed by atoms with Crippen LogP contribution in [0.2, 0.25) is 5.02 Å². The van der Waals surface area contributed by atoms with E-state index >= 15 is 0 Å². The van der Waals surface area contributed by atoms with Gasteiger partial charge in [0.1, 0.15) is 0 Å². The van der Waals surface area contributed by atoms with Gasteiger partial charge in [-0.3, -0.25) is 9.78 Å². The molecule has 0 atom stereocenters. The second kappa shape index (κ2) is 4.59. The van der Waals surface area contributed by atoms with Gasteiger partial charge in [-0.15, -0.1) is 0 Å². The summed E-state index contributed by atoms with van der Waals surface area (Å²) in [6.45, 7) is 2.79. The first-order chi connectivity index (χ1) is 8.74. The lowest BCUT2D eigenvalue weighted by Crippen LogP contribution is -2.38. The maximum absolute atomic E-state index is 12.0. The van der Waals surface area contributed by atoms with Crippen molar-refractivity contribution in [2.45, 2.75) is 0 Å². The number of halogens is 1. The average Bonchev–Trinajstić information content (AvgIpc) is 2.40. The molecule has 94 valence electrons. The Kier molecular flexibility index (Phi) is 2.93. The number of H-pyrrole nitrogens is 1. The molecule has 0 spiro atoms. The summed E-state index contributed by atoms with van der Waals surface area (Å²) in [4.78, 5) is 21.2. The average molecular weight is 266 g/mol. The number of nitrogens with zero attached hydrogens (tertiary/aromatic N) is 2. The highest BCUT2D eigenvalue weighted by Crippen LogP contribution is 2.17. The molecule has 0 aliphatic carbocycles. The molecule has 18 heavy (non-hydrogen) atoms. The number of ether oxygens (including phenoxy) is 1. The molecule has 5 nitrogen and oxygen atoms in total. The molecule has 2 heterocycles. The van der Waals surface area contributed by atoms with Crippen LogP contribution in [0.4, 0.5) is 5.95 Å². The van der Waals surface area contributed by atoms with E-state index in [1.165, 1.54) is 0 Å².